The zero-order valence-corrected chi connectivity index (χ0v) is 19.9. The zero-order valence-electron chi connectivity index (χ0n) is 19.1. The third-order valence-electron chi connectivity index (χ3n) is 5.61. The van der Waals surface area contributed by atoms with Gasteiger partial charge in [-0.25, -0.2) is 4.79 Å². The molecule has 1 unspecified atom stereocenters. The molecule has 3 aromatic carbocycles. The van der Waals surface area contributed by atoms with Gasteiger partial charge in [0, 0.05) is 16.5 Å². The summed E-state index contributed by atoms with van der Waals surface area (Å²) >= 11 is 1.64. The minimum Gasteiger partial charge on any atom is -0.481 e. The predicted octanol–water partition coefficient (Wildman–Crippen LogP) is 5.23. The normalized spacial score (nSPS) is 14.6. The average molecular weight is 473 g/mol. The number of thioether (sulfide) groups is 1. The highest BCUT2D eigenvalue weighted by Crippen LogP contribution is 2.43. The van der Waals surface area contributed by atoms with Crippen LogP contribution in [0.5, 0.6) is 17.2 Å². The van der Waals surface area contributed by atoms with Crippen LogP contribution in [0.2, 0.25) is 0 Å². The molecule has 1 atom stereocenters. The molecule has 0 saturated carbocycles. The van der Waals surface area contributed by atoms with Gasteiger partial charge in [0.1, 0.15) is 28.9 Å². The summed E-state index contributed by atoms with van der Waals surface area (Å²) in [5, 5.41) is 9.73. The van der Waals surface area contributed by atoms with E-state index in [-0.39, 0.29) is 18.4 Å². The number of aryl methyl sites for hydroxylation is 2. The molecule has 1 heterocycles. The van der Waals surface area contributed by atoms with E-state index in [0.717, 1.165) is 27.1 Å². The Balaban J connectivity index is 1.55. The fourth-order valence-corrected chi connectivity index (χ4v) is 4.37. The number of hydrogen-bond acceptors (Lipinski definition) is 7. The van der Waals surface area contributed by atoms with Gasteiger partial charge in [-0.1, -0.05) is 36.4 Å². The molecule has 6 nitrogen and oxygen atoms in total. The van der Waals surface area contributed by atoms with Crippen molar-refractivity contribution in [3.63, 3.8) is 0 Å². The van der Waals surface area contributed by atoms with Crippen LogP contribution in [-0.2, 0) is 4.79 Å². The smallest absolute Gasteiger partial charge is 0.349 e. The van der Waals surface area contributed by atoms with Crippen LogP contribution >= 0.6 is 11.8 Å². The molecule has 0 saturated heterocycles. The van der Waals surface area contributed by atoms with Gasteiger partial charge in [0.2, 0.25) is 5.88 Å². The van der Waals surface area contributed by atoms with Gasteiger partial charge in [0.15, 0.2) is 6.61 Å². The molecular formula is C27H24N2O4S. The van der Waals surface area contributed by atoms with Gasteiger partial charge in [-0.15, -0.1) is 11.8 Å². The molecule has 7 heteroatoms. The fraction of sp³-hybridized carbons (Fsp3) is 0.185. The Morgan fingerprint density at radius 1 is 1.12 bits per heavy atom. The Labute approximate surface area is 202 Å². The van der Waals surface area contributed by atoms with Crippen molar-refractivity contribution in [3.8, 4) is 23.3 Å². The molecule has 1 aliphatic heterocycles. The molecule has 2 N–H and O–H groups in total. The lowest BCUT2D eigenvalue weighted by Gasteiger charge is -2.26. The number of nitrogens with zero attached hydrogens (tertiary/aromatic N) is 1. The van der Waals surface area contributed by atoms with Crippen molar-refractivity contribution >= 4 is 17.7 Å². The molecule has 4 rings (SSSR count). The van der Waals surface area contributed by atoms with Crippen molar-refractivity contribution in [3.05, 3.63) is 94.4 Å². The van der Waals surface area contributed by atoms with E-state index in [4.69, 9.17) is 19.9 Å². The van der Waals surface area contributed by atoms with Gasteiger partial charge < -0.3 is 19.9 Å². The summed E-state index contributed by atoms with van der Waals surface area (Å²) in [5.41, 5.74) is 10.0. The topological polar surface area (TPSA) is 94.6 Å². The number of para-hydroxylation sites is 1. The Morgan fingerprint density at radius 3 is 2.47 bits per heavy atom. The van der Waals surface area contributed by atoms with Crippen molar-refractivity contribution < 1.29 is 19.0 Å². The first-order valence-corrected chi connectivity index (χ1v) is 11.9. The van der Waals surface area contributed by atoms with Gasteiger partial charge in [0.05, 0.1) is 5.92 Å². The molecule has 34 heavy (non-hydrogen) atoms. The molecule has 0 fully saturated rings. The van der Waals surface area contributed by atoms with E-state index in [1.807, 2.05) is 62.6 Å². The molecule has 3 aromatic rings. The number of nitrogens with two attached hydrogens (primary N) is 1. The maximum Gasteiger partial charge on any atom is 0.349 e. The van der Waals surface area contributed by atoms with E-state index >= 15 is 0 Å². The van der Waals surface area contributed by atoms with Gasteiger partial charge >= 0.3 is 5.97 Å². The second-order valence-electron chi connectivity index (χ2n) is 7.88. The molecule has 1 aliphatic rings. The zero-order chi connectivity index (χ0) is 24.2. The summed E-state index contributed by atoms with van der Waals surface area (Å²) in [5.74, 6) is 0.543. The number of nitriles is 1. The summed E-state index contributed by atoms with van der Waals surface area (Å²) in [6.45, 7) is 3.62. The van der Waals surface area contributed by atoms with Crippen molar-refractivity contribution in [2.75, 3.05) is 12.9 Å². The van der Waals surface area contributed by atoms with Crippen LogP contribution < -0.4 is 19.9 Å². The molecular weight excluding hydrogens is 448 g/mol. The van der Waals surface area contributed by atoms with Crippen LogP contribution in [0, 0.1) is 25.2 Å². The Kier molecular flexibility index (Phi) is 6.80. The molecule has 0 spiro atoms. The van der Waals surface area contributed by atoms with Crippen LogP contribution in [0.3, 0.4) is 0 Å². The maximum atomic E-state index is 12.4. The number of carbonyl (C=O) groups is 1. The highest BCUT2D eigenvalue weighted by Gasteiger charge is 2.31. The quantitative estimate of drug-likeness (QED) is 0.298. The predicted molar refractivity (Wildman–Crippen MR) is 131 cm³/mol. The van der Waals surface area contributed by atoms with Crippen LogP contribution in [0.1, 0.15) is 28.2 Å². The molecule has 0 bridgehead atoms. The van der Waals surface area contributed by atoms with Gasteiger partial charge in [-0.05, 0) is 55.0 Å². The second kappa shape index (κ2) is 9.94. The first-order chi connectivity index (χ1) is 16.4. The summed E-state index contributed by atoms with van der Waals surface area (Å²) < 4.78 is 16.9. The maximum absolute atomic E-state index is 12.4. The Hall–Kier alpha value is -3.89. The van der Waals surface area contributed by atoms with Crippen molar-refractivity contribution in [1.29, 1.82) is 5.26 Å². The second-order valence-corrected chi connectivity index (χ2v) is 8.76. The van der Waals surface area contributed by atoms with Crippen LogP contribution in [0.25, 0.3) is 0 Å². The van der Waals surface area contributed by atoms with E-state index < -0.39 is 5.97 Å². The minimum atomic E-state index is -0.538. The van der Waals surface area contributed by atoms with E-state index in [0.29, 0.717) is 22.8 Å². The highest BCUT2D eigenvalue weighted by molar-refractivity contribution is 7.98. The first-order valence-electron chi connectivity index (χ1n) is 10.7. The number of hydrogen-bond donors (Lipinski definition) is 1. The van der Waals surface area contributed by atoms with E-state index in [2.05, 4.69) is 6.07 Å². The van der Waals surface area contributed by atoms with Crippen molar-refractivity contribution in [2.24, 2.45) is 5.73 Å². The highest BCUT2D eigenvalue weighted by atomic mass is 32.2. The van der Waals surface area contributed by atoms with Crippen molar-refractivity contribution in [2.45, 2.75) is 24.7 Å². The SMILES string of the molecule is CSc1ccc(C2C(C#N)=C(N)Oc3cc(OC(=O)COc4c(C)cccc4C)ccc32)cc1. The minimum absolute atomic E-state index is 0.0378. The Morgan fingerprint density at radius 2 is 1.82 bits per heavy atom. The third kappa shape index (κ3) is 4.73. The first kappa shape index (κ1) is 23.3. The number of allylic oxidation sites excluding steroid dienone is 1. The molecule has 0 aliphatic carbocycles. The molecule has 0 aromatic heterocycles. The van der Waals surface area contributed by atoms with Gasteiger partial charge in [-0.3, -0.25) is 0 Å². The van der Waals surface area contributed by atoms with Crippen LogP contribution in [-0.4, -0.2) is 18.8 Å². The number of esters is 1. The lowest BCUT2D eigenvalue weighted by atomic mass is 9.83. The van der Waals surface area contributed by atoms with Crippen LogP contribution in [0.4, 0.5) is 0 Å². The van der Waals surface area contributed by atoms with E-state index in [1.54, 1.807) is 30.0 Å². The standard InChI is InChI=1S/C27H24N2O4S/c1-16-5-4-6-17(2)26(16)31-15-24(30)32-19-9-12-21-23(13-19)33-27(29)22(14-28)25(21)18-7-10-20(34-3)11-8-18/h4-13,25H,15,29H2,1-3H3. The summed E-state index contributed by atoms with van der Waals surface area (Å²) in [4.78, 5) is 13.5. The molecule has 0 amide bonds. The van der Waals surface area contributed by atoms with Gasteiger partial charge in [0.25, 0.3) is 0 Å². The number of carbonyl (C=O) groups excluding carboxylic acids is 1. The fourth-order valence-electron chi connectivity index (χ4n) is 3.96. The van der Waals surface area contributed by atoms with E-state index in [9.17, 15) is 10.1 Å². The number of rotatable bonds is 6. The number of benzene rings is 3. The average Bonchev–Trinajstić information content (AvgIpc) is 2.83. The lowest BCUT2D eigenvalue weighted by Crippen LogP contribution is -2.22. The Bertz CT molecular complexity index is 1290. The molecule has 0 radical (unpaired) electrons. The van der Waals surface area contributed by atoms with Gasteiger partial charge in [-0.2, -0.15) is 5.26 Å². The summed E-state index contributed by atoms with van der Waals surface area (Å²) in [7, 11) is 0. The summed E-state index contributed by atoms with van der Waals surface area (Å²) in [6, 6.07) is 21.0. The molecule has 172 valence electrons. The largest absolute Gasteiger partial charge is 0.481 e. The lowest BCUT2D eigenvalue weighted by molar-refractivity contribution is -0.136. The third-order valence-corrected chi connectivity index (χ3v) is 6.36. The van der Waals surface area contributed by atoms with E-state index in [1.165, 1.54) is 0 Å². The van der Waals surface area contributed by atoms with Crippen molar-refractivity contribution in [1.82, 2.24) is 0 Å². The number of ether oxygens (including phenoxy) is 3. The monoisotopic (exact) mass is 472 g/mol. The van der Waals surface area contributed by atoms with Crippen LogP contribution in [0.15, 0.2) is 77.0 Å². The summed E-state index contributed by atoms with van der Waals surface area (Å²) in [6.07, 6.45) is 2.01. The number of fused-ring (bicyclic) bond motifs is 1.